The summed E-state index contributed by atoms with van der Waals surface area (Å²) in [7, 11) is -1.75. The minimum absolute atomic E-state index is 0.152. The Kier molecular flexibility index (Phi) is 4.64. The highest BCUT2D eigenvalue weighted by Gasteiger charge is 2.37. The minimum atomic E-state index is -3.61. The van der Waals surface area contributed by atoms with Crippen LogP contribution in [0.15, 0.2) is 23.6 Å². The van der Waals surface area contributed by atoms with Gasteiger partial charge in [0, 0.05) is 44.5 Å². The van der Waals surface area contributed by atoms with Crippen LogP contribution >= 0.6 is 0 Å². The van der Waals surface area contributed by atoms with Gasteiger partial charge in [-0.1, -0.05) is 13.3 Å². The lowest BCUT2D eigenvalue weighted by atomic mass is 10.0. The molecule has 1 unspecified atom stereocenters. The maximum Gasteiger partial charge on any atom is 0.262 e. The minimum Gasteiger partial charge on any atom is -0.333 e. The molecule has 0 aromatic carbocycles. The highest BCUT2D eigenvalue weighted by atomic mass is 32.2. The summed E-state index contributed by atoms with van der Waals surface area (Å²) in [6, 6.07) is -0.152. The molecule has 2 aliphatic rings. The van der Waals surface area contributed by atoms with E-state index in [1.54, 1.807) is 21.4 Å². The third kappa shape index (κ3) is 3.32. The fraction of sp³-hybridized carbons (Fsp3) is 0.667. The molecular weight excluding hydrogens is 350 g/mol. The van der Waals surface area contributed by atoms with Crippen LogP contribution in [0.4, 0.5) is 0 Å². The van der Waals surface area contributed by atoms with Crippen LogP contribution in [0.3, 0.4) is 0 Å². The van der Waals surface area contributed by atoms with Gasteiger partial charge in [0.2, 0.25) is 0 Å². The quantitative estimate of drug-likeness (QED) is 0.775. The second-order valence-corrected chi connectivity index (χ2v) is 9.36. The van der Waals surface area contributed by atoms with Crippen LogP contribution in [0.5, 0.6) is 0 Å². The predicted molar refractivity (Wildman–Crippen MR) is 98.0 cm³/mol. The second-order valence-electron chi connectivity index (χ2n) is 7.52. The first-order chi connectivity index (χ1) is 12.5. The number of nitrogens with zero attached hydrogens (tertiary/aromatic N) is 5. The maximum absolute atomic E-state index is 13.4. The van der Waals surface area contributed by atoms with E-state index in [4.69, 9.17) is 0 Å². The SMILES string of the molecule is CCc1nc(S(=O)(=O)N2CCCCC2c2cnn(C)c2)cn1CC1CC1. The van der Waals surface area contributed by atoms with E-state index < -0.39 is 10.0 Å². The van der Waals surface area contributed by atoms with Crippen molar-refractivity contribution in [2.45, 2.75) is 63.1 Å². The van der Waals surface area contributed by atoms with E-state index in [1.807, 2.05) is 24.7 Å². The summed E-state index contributed by atoms with van der Waals surface area (Å²) in [4.78, 5) is 4.50. The highest BCUT2D eigenvalue weighted by molar-refractivity contribution is 7.89. The Bertz CT molecular complexity index is 881. The van der Waals surface area contributed by atoms with Crippen molar-refractivity contribution in [3.63, 3.8) is 0 Å². The van der Waals surface area contributed by atoms with Crippen molar-refractivity contribution in [1.29, 1.82) is 0 Å². The second kappa shape index (κ2) is 6.81. The number of piperidine rings is 1. The molecule has 8 heteroatoms. The summed E-state index contributed by atoms with van der Waals surface area (Å²) in [5, 5.41) is 4.43. The zero-order chi connectivity index (χ0) is 18.3. The fourth-order valence-corrected chi connectivity index (χ4v) is 5.48. The lowest BCUT2D eigenvalue weighted by molar-refractivity contribution is 0.255. The molecule has 0 bridgehead atoms. The molecule has 1 atom stereocenters. The van der Waals surface area contributed by atoms with Gasteiger partial charge in [0.25, 0.3) is 10.0 Å². The summed E-state index contributed by atoms with van der Waals surface area (Å²) in [5.41, 5.74) is 0.962. The van der Waals surface area contributed by atoms with E-state index in [1.165, 1.54) is 12.8 Å². The summed E-state index contributed by atoms with van der Waals surface area (Å²) in [6.45, 7) is 3.46. The molecule has 1 saturated carbocycles. The van der Waals surface area contributed by atoms with Crippen molar-refractivity contribution in [2.24, 2.45) is 13.0 Å². The van der Waals surface area contributed by atoms with Gasteiger partial charge < -0.3 is 4.57 Å². The molecule has 0 spiro atoms. The molecule has 1 saturated heterocycles. The van der Waals surface area contributed by atoms with Crippen LogP contribution < -0.4 is 0 Å². The average molecular weight is 378 g/mol. The Labute approximate surface area is 155 Å². The average Bonchev–Trinajstić information content (AvgIpc) is 3.18. The van der Waals surface area contributed by atoms with Crippen LogP contribution in [0, 0.1) is 5.92 Å². The van der Waals surface area contributed by atoms with E-state index in [2.05, 4.69) is 10.1 Å². The van der Waals surface area contributed by atoms with Gasteiger partial charge in [-0.15, -0.1) is 0 Å². The maximum atomic E-state index is 13.4. The van der Waals surface area contributed by atoms with Crippen LogP contribution in [-0.2, 0) is 30.0 Å². The Balaban J connectivity index is 1.66. The molecule has 7 nitrogen and oxygen atoms in total. The van der Waals surface area contributed by atoms with Crippen molar-refractivity contribution in [3.05, 3.63) is 30.0 Å². The van der Waals surface area contributed by atoms with Crippen molar-refractivity contribution in [3.8, 4) is 0 Å². The normalized spacial score (nSPS) is 22.0. The Hall–Kier alpha value is -1.67. The van der Waals surface area contributed by atoms with Crippen molar-refractivity contribution < 1.29 is 8.42 Å². The third-order valence-corrected chi connectivity index (χ3v) is 7.22. The fourth-order valence-electron chi connectivity index (χ4n) is 3.83. The van der Waals surface area contributed by atoms with Gasteiger partial charge in [-0.2, -0.15) is 9.40 Å². The van der Waals surface area contributed by atoms with E-state index in [9.17, 15) is 8.42 Å². The molecule has 0 radical (unpaired) electrons. The first kappa shape index (κ1) is 17.7. The molecule has 2 fully saturated rings. The molecular formula is C18H27N5O2S. The van der Waals surface area contributed by atoms with Crippen LogP contribution in [0.1, 0.15) is 56.5 Å². The van der Waals surface area contributed by atoms with Crippen molar-refractivity contribution >= 4 is 10.0 Å². The molecule has 26 heavy (non-hydrogen) atoms. The van der Waals surface area contributed by atoms with Gasteiger partial charge in [0.05, 0.1) is 12.2 Å². The number of sulfonamides is 1. The number of hydrogen-bond acceptors (Lipinski definition) is 4. The molecule has 2 aromatic rings. The number of rotatable bonds is 6. The van der Waals surface area contributed by atoms with Crippen LogP contribution in [0.2, 0.25) is 0 Å². The zero-order valence-corrected chi connectivity index (χ0v) is 16.3. The van der Waals surface area contributed by atoms with E-state index in [-0.39, 0.29) is 11.1 Å². The molecule has 1 aliphatic heterocycles. The van der Waals surface area contributed by atoms with E-state index in [0.29, 0.717) is 12.5 Å². The van der Waals surface area contributed by atoms with Gasteiger partial charge in [-0.3, -0.25) is 4.68 Å². The summed E-state index contributed by atoms with van der Waals surface area (Å²) < 4.78 is 32.2. The standard InChI is InChI=1S/C18H27N5O2S/c1-3-17-20-18(13-22(17)11-14-7-8-14)26(24,25)23-9-5-4-6-16(23)15-10-19-21(2)12-15/h10,12-14,16H,3-9,11H2,1-2H3. The lowest BCUT2D eigenvalue weighted by Gasteiger charge is -2.33. The topological polar surface area (TPSA) is 73.0 Å². The Morgan fingerprint density at radius 1 is 1.19 bits per heavy atom. The molecule has 4 rings (SSSR count). The van der Waals surface area contributed by atoms with Gasteiger partial charge in [-0.25, -0.2) is 13.4 Å². The van der Waals surface area contributed by atoms with Crippen molar-refractivity contribution in [2.75, 3.05) is 6.54 Å². The summed E-state index contributed by atoms with van der Waals surface area (Å²) in [6.07, 6.45) is 11.4. The summed E-state index contributed by atoms with van der Waals surface area (Å²) in [5.74, 6) is 1.55. The molecule has 142 valence electrons. The number of imidazole rings is 1. The van der Waals surface area contributed by atoms with Gasteiger partial charge in [0.1, 0.15) is 5.82 Å². The van der Waals surface area contributed by atoms with Gasteiger partial charge in [-0.05, 0) is 31.6 Å². The Morgan fingerprint density at radius 2 is 2.00 bits per heavy atom. The van der Waals surface area contributed by atoms with Crippen LogP contribution in [-0.4, -0.2) is 38.6 Å². The molecule has 3 heterocycles. The monoisotopic (exact) mass is 377 g/mol. The largest absolute Gasteiger partial charge is 0.333 e. The number of aryl methyl sites for hydroxylation is 2. The summed E-state index contributed by atoms with van der Waals surface area (Å²) >= 11 is 0. The first-order valence-electron chi connectivity index (χ1n) is 9.55. The van der Waals surface area contributed by atoms with Gasteiger partial charge in [0.15, 0.2) is 5.03 Å². The van der Waals surface area contributed by atoms with Crippen LogP contribution in [0.25, 0.3) is 0 Å². The Morgan fingerprint density at radius 3 is 2.65 bits per heavy atom. The number of aromatic nitrogens is 4. The van der Waals surface area contributed by atoms with E-state index >= 15 is 0 Å². The highest BCUT2D eigenvalue weighted by Crippen LogP contribution is 2.36. The molecule has 1 aliphatic carbocycles. The predicted octanol–water partition coefficient (Wildman–Crippen LogP) is 2.50. The number of hydrogen-bond donors (Lipinski definition) is 0. The van der Waals surface area contributed by atoms with E-state index in [0.717, 1.165) is 43.6 Å². The molecule has 2 aromatic heterocycles. The van der Waals surface area contributed by atoms with Gasteiger partial charge >= 0.3 is 0 Å². The third-order valence-electron chi connectivity index (χ3n) is 5.44. The lowest BCUT2D eigenvalue weighted by Crippen LogP contribution is -2.38. The van der Waals surface area contributed by atoms with Crippen molar-refractivity contribution in [1.82, 2.24) is 23.6 Å². The molecule has 0 amide bonds. The first-order valence-corrected chi connectivity index (χ1v) is 11.0. The molecule has 0 N–H and O–H groups in total. The zero-order valence-electron chi connectivity index (χ0n) is 15.5. The smallest absolute Gasteiger partial charge is 0.262 e.